The van der Waals surface area contributed by atoms with Crippen LogP contribution < -0.4 is 4.74 Å². The lowest BCUT2D eigenvalue weighted by Gasteiger charge is -2.36. The van der Waals surface area contributed by atoms with Gasteiger partial charge in [-0.3, -0.25) is 0 Å². The molecule has 2 heterocycles. The molecule has 0 amide bonds. The Hall–Kier alpha value is -1.88. The van der Waals surface area contributed by atoms with Crippen LogP contribution in [0.5, 0.6) is 5.75 Å². The second-order valence-electron chi connectivity index (χ2n) is 8.73. The summed E-state index contributed by atoms with van der Waals surface area (Å²) in [5.74, 6) is 1.02. The summed E-state index contributed by atoms with van der Waals surface area (Å²) in [6, 6.07) is 11.2. The molecule has 2 N–H and O–H groups in total. The van der Waals surface area contributed by atoms with Gasteiger partial charge in [-0.25, -0.2) is 0 Å². The zero-order chi connectivity index (χ0) is 21.3. The monoisotopic (exact) mass is 410 g/mol. The van der Waals surface area contributed by atoms with E-state index in [-0.39, 0.29) is 6.10 Å². The van der Waals surface area contributed by atoms with Gasteiger partial charge in [-0.2, -0.15) is 0 Å². The van der Waals surface area contributed by atoms with Crippen molar-refractivity contribution in [3.05, 3.63) is 63.7 Å². The maximum absolute atomic E-state index is 10.3. The first-order valence-electron chi connectivity index (χ1n) is 11.4. The summed E-state index contributed by atoms with van der Waals surface area (Å²) < 4.78 is 12.2. The van der Waals surface area contributed by atoms with Gasteiger partial charge in [0, 0.05) is 18.4 Å². The Morgan fingerprint density at radius 1 is 1.07 bits per heavy atom. The first kappa shape index (κ1) is 21.4. The lowest BCUT2D eigenvalue weighted by molar-refractivity contribution is -0.163. The van der Waals surface area contributed by atoms with Gasteiger partial charge in [-0.05, 0) is 54.0 Å². The fraction of sp³-hybridized carbons (Fsp3) is 0.538. The molecule has 30 heavy (non-hydrogen) atoms. The van der Waals surface area contributed by atoms with Gasteiger partial charge in [0.15, 0.2) is 0 Å². The van der Waals surface area contributed by atoms with Crippen molar-refractivity contribution in [2.45, 2.75) is 83.7 Å². The first-order chi connectivity index (χ1) is 14.5. The molecule has 2 aromatic carbocycles. The van der Waals surface area contributed by atoms with E-state index in [1.54, 1.807) is 0 Å². The van der Waals surface area contributed by atoms with Crippen LogP contribution >= 0.6 is 0 Å². The normalized spacial score (nSPS) is 25.8. The van der Waals surface area contributed by atoms with E-state index in [1.165, 1.54) is 27.8 Å². The maximum Gasteiger partial charge on any atom is 0.126 e. The highest BCUT2D eigenvalue weighted by Gasteiger charge is 2.37. The van der Waals surface area contributed by atoms with Crippen LogP contribution in [0.3, 0.4) is 0 Å². The number of benzene rings is 2. The van der Waals surface area contributed by atoms with Gasteiger partial charge in [0.2, 0.25) is 0 Å². The molecule has 0 bridgehead atoms. The molecular weight excluding hydrogens is 376 g/mol. The zero-order valence-corrected chi connectivity index (χ0v) is 18.4. The van der Waals surface area contributed by atoms with E-state index in [9.17, 15) is 10.2 Å². The van der Waals surface area contributed by atoms with Crippen molar-refractivity contribution in [2.75, 3.05) is 6.61 Å². The zero-order valence-electron chi connectivity index (χ0n) is 18.4. The second-order valence-corrected chi connectivity index (χ2v) is 8.73. The van der Waals surface area contributed by atoms with Crippen LogP contribution in [0.2, 0.25) is 0 Å². The van der Waals surface area contributed by atoms with E-state index in [1.807, 2.05) is 6.92 Å². The van der Waals surface area contributed by atoms with Crippen molar-refractivity contribution in [1.82, 2.24) is 0 Å². The average Bonchev–Trinajstić information content (AvgIpc) is 3.22. The highest BCUT2D eigenvalue weighted by molar-refractivity contribution is 5.55. The number of rotatable bonds is 6. The van der Waals surface area contributed by atoms with Crippen LogP contribution in [0.25, 0.3) is 0 Å². The van der Waals surface area contributed by atoms with Gasteiger partial charge in [0.25, 0.3) is 0 Å². The number of aliphatic hydroxyl groups excluding tert-OH is 2. The van der Waals surface area contributed by atoms with Gasteiger partial charge in [0.05, 0.1) is 24.9 Å². The third-order valence-electron chi connectivity index (χ3n) is 6.58. The van der Waals surface area contributed by atoms with E-state index < -0.39 is 18.3 Å². The summed E-state index contributed by atoms with van der Waals surface area (Å²) >= 11 is 0. The van der Waals surface area contributed by atoms with Crippen molar-refractivity contribution in [3.8, 4) is 5.75 Å². The molecule has 4 heteroatoms. The molecule has 4 nitrogen and oxygen atoms in total. The molecular formula is C26H34O4. The highest BCUT2D eigenvalue weighted by atomic mass is 16.5. The number of fused-ring (bicyclic) bond motifs is 1. The Balaban J connectivity index is 1.69. The molecule has 0 spiro atoms. The summed E-state index contributed by atoms with van der Waals surface area (Å²) in [5.41, 5.74) is 7.57. The number of aryl methyl sites for hydroxylation is 1. The Kier molecular flexibility index (Phi) is 6.47. The van der Waals surface area contributed by atoms with Crippen LogP contribution in [0, 0.1) is 0 Å². The van der Waals surface area contributed by atoms with Gasteiger partial charge >= 0.3 is 0 Å². The lowest BCUT2D eigenvalue weighted by atomic mass is 9.86. The van der Waals surface area contributed by atoms with Crippen LogP contribution in [0.4, 0.5) is 0 Å². The quantitative estimate of drug-likeness (QED) is 0.746. The van der Waals surface area contributed by atoms with Crippen molar-refractivity contribution >= 4 is 0 Å². The maximum atomic E-state index is 10.3. The SMILES string of the molecule is CCCc1ccc(Cc2cc(C3CC(O)[C@H](O)C(C)O3)c3c(c2CC)OCC3)cc1. The Morgan fingerprint density at radius 2 is 1.80 bits per heavy atom. The smallest absolute Gasteiger partial charge is 0.126 e. The van der Waals surface area contributed by atoms with E-state index in [0.29, 0.717) is 13.0 Å². The Labute approximate surface area is 179 Å². The van der Waals surface area contributed by atoms with Crippen molar-refractivity contribution in [2.24, 2.45) is 0 Å². The van der Waals surface area contributed by atoms with E-state index in [4.69, 9.17) is 9.47 Å². The number of hydrogen-bond donors (Lipinski definition) is 2. The molecule has 0 aromatic heterocycles. The van der Waals surface area contributed by atoms with Crippen molar-refractivity contribution < 1.29 is 19.7 Å². The number of ether oxygens (including phenoxy) is 2. The van der Waals surface area contributed by atoms with Crippen LogP contribution in [0.1, 0.15) is 73.1 Å². The Morgan fingerprint density at radius 3 is 2.47 bits per heavy atom. The minimum atomic E-state index is -0.832. The first-order valence-corrected chi connectivity index (χ1v) is 11.4. The third kappa shape index (κ3) is 4.14. The fourth-order valence-corrected chi connectivity index (χ4v) is 4.94. The lowest BCUT2D eigenvalue weighted by Crippen LogP contribution is -2.44. The minimum absolute atomic E-state index is 0.217. The standard InChI is InChI=1S/C26H34O4/c1-4-6-17-7-9-18(10-8-17)13-19-14-22(21-11-12-29-26(21)20(19)5-2)24-15-23(27)25(28)16(3)30-24/h7-10,14,16,23-25,27-28H,4-6,11-13,15H2,1-3H3/t16?,23?,24?,25-/m1/s1. The molecule has 1 fully saturated rings. The summed E-state index contributed by atoms with van der Waals surface area (Å²) in [7, 11) is 0. The molecule has 1 saturated heterocycles. The van der Waals surface area contributed by atoms with Crippen LogP contribution in [-0.4, -0.2) is 35.1 Å². The van der Waals surface area contributed by atoms with E-state index >= 15 is 0 Å². The predicted octanol–water partition coefficient (Wildman–Crippen LogP) is 4.30. The molecule has 0 saturated carbocycles. The van der Waals surface area contributed by atoms with Gasteiger partial charge in [-0.1, -0.05) is 50.6 Å². The van der Waals surface area contributed by atoms with E-state index in [2.05, 4.69) is 44.2 Å². The predicted molar refractivity (Wildman–Crippen MR) is 118 cm³/mol. The van der Waals surface area contributed by atoms with Gasteiger partial charge in [-0.15, -0.1) is 0 Å². The Bertz CT molecular complexity index is 862. The number of hydrogen-bond acceptors (Lipinski definition) is 4. The molecule has 4 rings (SSSR count). The van der Waals surface area contributed by atoms with Gasteiger partial charge < -0.3 is 19.7 Å². The molecule has 4 atom stereocenters. The highest BCUT2D eigenvalue weighted by Crippen LogP contribution is 2.42. The molecule has 162 valence electrons. The average molecular weight is 411 g/mol. The summed E-state index contributed by atoms with van der Waals surface area (Å²) in [6.45, 7) is 6.91. The largest absolute Gasteiger partial charge is 0.493 e. The van der Waals surface area contributed by atoms with Crippen molar-refractivity contribution in [1.29, 1.82) is 0 Å². The fourth-order valence-electron chi connectivity index (χ4n) is 4.94. The summed E-state index contributed by atoms with van der Waals surface area (Å²) in [6.07, 6.45) is 3.13. The topological polar surface area (TPSA) is 58.9 Å². The molecule has 0 aliphatic carbocycles. The van der Waals surface area contributed by atoms with Crippen LogP contribution in [-0.2, 0) is 30.4 Å². The molecule has 0 radical (unpaired) electrons. The molecule has 3 unspecified atom stereocenters. The molecule has 2 aromatic rings. The van der Waals surface area contributed by atoms with Gasteiger partial charge in [0.1, 0.15) is 11.9 Å². The summed E-state index contributed by atoms with van der Waals surface area (Å²) in [5, 5.41) is 20.4. The number of aliphatic hydroxyl groups is 2. The minimum Gasteiger partial charge on any atom is -0.493 e. The molecule has 2 aliphatic rings. The van der Waals surface area contributed by atoms with Crippen LogP contribution in [0.15, 0.2) is 30.3 Å². The molecule has 2 aliphatic heterocycles. The van der Waals surface area contributed by atoms with Crippen molar-refractivity contribution in [3.63, 3.8) is 0 Å². The summed E-state index contributed by atoms with van der Waals surface area (Å²) in [4.78, 5) is 0. The van der Waals surface area contributed by atoms with E-state index in [0.717, 1.165) is 43.4 Å². The second kappa shape index (κ2) is 9.09. The third-order valence-corrected chi connectivity index (χ3v) is 6.58.